The summed E-state index contributed by atoms with van der Waals surface area (Å²) >= 11 is 13.0. The minimum atomic E-state index is -1.62. The first kappa shape index (κ1) is 24.7. The summed E-state index contributed by atoms with van der Waals surface area (Å²) in [6.45, 7) is 0. The van der Waals surface area contributed by atoms with E-state index in [4.69, 9.17) is 27.9 Å². The predicted molar refractivity (Wildman–Crippen MR) is 153 cm³/mol. The number of anilines is 3. The molecule has 1 saturated carbocycles. The van der Waals surface area contributed by atoms with Crippen LogP contribution in [0.5, 0.6) is 5.75 Å². The highest BCUT2D eigenvalue weighted by Gasteiger charge is 2.32. The van der Waals surface area contributed by atoms with Crippen molar-refractivity contribution in [2.75, 3.05) is 17.7 Å². The Bertz CT molecular complexity index is 1730. The number of hydrogen-bond acceptors (Lipinski definition) is 9. The number of rotatable bonds is 8. The van der Waals surface area contributed by atoms with Crippen LogP contribution >= 0.6 is 23.2 Å². The summed E-state index contributed by atoms with van der Waals surface area (Å²) in [4.78, 5) is 8.19. The lowest BCUT2D eigenvalue weighted by molar-refractivity contribution is 0.260. The second-order valence-corrected chi connectivity index (χ2v) is 10.1. The first-order valence-corrected chi connectivity index (χ1v) is 13.1. The fourth-order valence-electron chi connectivity index (χ4n) is 4.41. The summed E-state index contributed by atoms with van der Waals surface area (Å²) in [5.74, 6) is -0.140. The molecule has 3 heterocycles. The third-order valence-electron chi connectivity index (χ3n) is 6.55. The van der Waals surface area contributed by atoms with Gasteiger partial charge in [0.05, 0.1) is 47.0 Å². The van der Waals surface area contributed by atoms with Crippen molar-refractivity contribution in [1.82, 2.24) is 25.9 Å². The molecule has 0 bridgehead atoms. The molecule has 1 atom stereocenters. The van der Waals surface area contributed by atoms with Gasteiger partial charge in [-0.2, -0.15) is 9.65 Å². The Hall–Kier alpha value is -4.30. The Morgan fingerprint density at radius 3 is 2.67 bits per heavy atom. The van der Waals surface area contributed by atoms with E-state index in [2.05, 4.69) is 37.6 Å². The van der Waals surface area contributed by atoms with E-state index < -0.39 is 12.0 Å². The first-order chi connectivity index (χ1) is 19.8. The van der Waals surface area contributed by atoms with Gasteiger partial charge in [-0.05, 0) is 54.8 Å². The van der Waals surface area contributed by atoms with E-state index in [-0.39, 0.29) is 5.56 Å². The van der Waals surface area contributed by atoms with Crippen molar-refractivity contribution in [3.05, 3.63) is 93.9 Å². The number of nitriles is 1. The SMILES string of the molecule is [2H]C(Nc1cc(Cl)c2ncc(C#N)c(Nc3ccc(OC)c(Cl)c3)c2c1)(C1=CN(C2CC2)NN1)c1ccc(F)nc1. The number of hydrazine groups is 2. The molecule has 0 spiro atoms. The van der Waals surface area contributed by atoms with Crippen molar-refractivity contribution >= 4 is 51.2 Å². The molecule has 2 aromatic heterocycles. The largest absolute Gasteiger partial charge is 0.495 e. The number of fused-ring (bicyclic) bond motifs is 1. The van der Waals surface area contributed by atoms with Crippen LogP contribution < -0.4 is 26.3 Å². The number of methoxy groups -OCH3 is 1. The molecular weight excluding hydrogens is 554 g/mol. The summed E-state index contributed by atoms with van der Waals surface area (Å²) in [5.41, 5.74) is 9.30. The Labute approximate surface area is 240 Å². The minimum absolute atomic E-state index is 0.280. The predicted octanol–water partition coefficient (Wildman–Crippen LogP) is 6.18. The molecule has 40 heavy (non-hydrogen) atoms. The van der Waals surface area contributed by atoms with E-state index in [0.29, 0.717) is 61.1 Å². The van der Waals surface area contributed by atoms with Gasteiger partial charge in [0.15, 0.2) is 0 Å². The number of pyridine rings is 2. The standard InChI is InChI=1S/C28H23Cl2FN8O/c1-40-24-6-3-17(9-21(24)29)35-26-16(11-32)13-34-28-20(26)8-18(10-22(28)30)36-27(15-2-7-25(31)33-12-15)23-14-39(38-37-23)19-4-5-19/h2-3,6-10,12-14,19,27,36-38H,4-5H2,1H3,(H,34,35)/i27D. The van der Waals surface area contributed by atoms with E-state index in [0.717, 1.165) is 12.8 Å². The molecule has 6 rings (SSSR count). The van der Waals surface area contributed by atoms with Crippen LogP contribution in [-0.4, -0.2) is 28.1 Å². The fourth-order valence-corrected chi connectivity index (χ4v) is 4.93. The summed E-state index contributed by atoms with van der Waals surface area (Å²) in [6.07, 6.45) is 6.66. The highest BCUT2D eigenvalue weighted by atomic mass is 35.5. The third kappa shape index (κ3) is 5.14. The highest BCUT2D eigenvalue weighted by Crippen LogP contribution is 2.38. The van der Waals surface area contributed by atoms with Gasteiger partial charge in [-0.25, -0.2) is 4.98 Å². The van der Waals surface area contributed by atoms with Crippen LogP contribution in [-0.2, 0) is 0 Å². The molecule has 0 radical (unpaired) electrons. The van der Waals surface area contributed by atoms with E-state index in [1.165, 1.54) is 31.6 Å². The summed E-state index contributed by atoms with van der Waals surface area (Å²) in [6, 6.07) is 12.2. The van der Waals surface area contributed by atoms with Crippen LogP contribution in [0.4, 0.5) is 21.5 Å². The lowest BCUT2D eigenvalue weighted by atomic mass is 10.0. The van der Waals surface area contributed by atoms with Crippen molar-refractivity contribution in [2.24, 2.45) is 0 Å². The van der Waals surface area contributed by atoms with Crippen LogP contribution in [0.1, 0.15) is 31.4 Å². The first-order valence-electron chi connectivity index (χ1n) is 12.8. The van der Waals surface area contributed by atoms with Gasteiger partial charge in [0.25, 0.3) is 0 Å². The number of nitrogens with zero attached hydrogens (tertiary/aromatic N) is 4. The number of nitrogens with one attached hydrogen (secondary N) is 4. The molecule has 1 aliphatic carbocycles. The smallest absolute Gasteiger partial charge is 0.212 e. The second kappa shape index (κ2) is 10.7. The Kier molecular flexibility index (Phi) is 6.61. The van der Waals surface area contributed by atoms with Crippen molar-refractivity contribution in [3.8, 4) is 11.8 Å². The zero-order valence-electron chi connectivity index (χ0n) is 22.1. The van der Waals surface area contributed by atoms with E-state index in [1.54, 1.807) is 30.3 Å². The normalized spacial score (nSPS) is 16.4. The molecule has 2 aromatic carbocycles. The maximum absolute atomic E-state index is 13.7. The number of hydrogen-bond donors (Lipinski definition) is 4. The van der Waals surface area contributed by atoms with Gasteiger partial charge in [-0.3, -0.25) is 9.99 Å². The molecule has 1 fully saturated rings. The van der Waals surface area contributed by atoms with Crippen LogP contribution in [0.15, 0.2) is 66.8 Å². The van der Waals surface area contributed by atoms with E-state index in [1.807, 2.05) is 11.2 Å². The molecule has 4 N–H and O–H groups in total. The van der Waals surface area contributed by atoms with Gasteiger partial charge in [0.2, 0.25) is 5.95 Å². The second-order valence-electron chi connectivity index (χ2n) is 9.27. The highest BCUT2D eigenvalue weighted by molar-refractivity contribution is 6.36. The average molecular weight is 578 g/mol. The van der Waals surface area contributed by atoms with Crippen molar-refractivity contribution in [1.29, 1.82) is 5.26 Å². The topological polar surface area (TPSA) is 110 Å². The molecule has 12 heteroatoms. The maximum atomic E-state index is 13.7. The number of halogens is 3. The molecular formula is C28H23Cl2FN8O. The Morgan fingerprint density at radius 2 is 1.98 bits per heavy atom. The molecule has 1 aliphatic heterocycles. The quantitative estimate of drug-likeness (QED) is 0.182. The molecule has 202 valence electrons. The van der Waals surface area contributed by atoms with E-state index >= 15 is 0 Å². The van der Waals surface area contributed by atoms with Gasteiger partial charge >= 0.3 is 0 Å². The van der Waals surface area contributed by atoms with Gasteiger partial charge in [-0.1, -0.05) is 29.3 Å². The van der Waals surface area contributed by atoms with Crippen molar-refractivity contribution < 1.29 is 10.5 Å². The van der Waals surface area contributed by atoms with Gasteiger partial charge < -0.3 is 20.8 Å². The van der Waals surface area contributed by atoms with Crippen LogP contribution in [0.3, 0.4) is 0 Å². The molecule has 9 nitrogen and oxygen atoms in total. The Balaban J connectivity index is 1.44. The van der Waals surface area contributed by atoms with Crippen molar-refractivity contribution in [3.63, 3.8) is 0 Å². The zero-order chi connectivity index (χ0) is 28.7. The lowest BCUT2D eigenvalue weighted by Gasteiger charge is -2.22. The molecule has 4 aromatic rings. The minimum Gasteiger partial charge on any atom is -0.495 e. The summed E-state index contributed by atoms with van der Waals surface area (Å²) in [5, 5.41) is 19.5. The summed E-state index contributed by atoms with van der Waals surface area (Å²) < 4.78 is 28.5. The summed E-state index contributed by atoms with van der Waals surface area (Å²) in [7, 11) is 1.53. The number of aromatic nitrogens is 2. The molecule has 0 saturated heterocycles. The van der Waals surface area contributed by atoms with Gasteiger partial charge in [0.1, 0.15) is 11.8 Å². The fraction of sp³-hybridized carbons (Fsp3) is 0.179. The lowest BCUT2D eigenvalue weighted by Crippen LogP contribution is -2.38. The molecule has 1 unspecified atom stereocenters. The zero-order valence-corrected chi connectivity index (χ0v) is 22.6. The molecule has 2 aliphatic rings. The monoisotopic (exact) mass is 577 g/mol. The number of ether oxygens (including phenoxy) is 1. The maximum Gasteiger partial charge on any atom is 0.212 e. The number of benzene rings is 2. The van der Waals surface area contributed by atoms with Crippen LogP contribution in [0, 0.1) is 17.3 Å². The van der Waals surface area contributed by atoms with Crippen molar-refractivity contribution in [2.45, 2.75) is 24.9 Å². The third-order valence-corrected chi connectivity index (χ3v) is 7.13. The van der Waals surface area contributed by atoms with Crippen LogP contribution in [0.2, 0.25) is 10.0 Å². The van der Waals surface area contributed by atoms with Gasteiger partial charge in [-0.15, -0.1) is 5.53 Å². The average Bonchev–Trinajstić information content (AvgIpc) is 3.69. The van der Waals surface area contributed by atoms with Crippen LogP contribution in [0.25, 0.3) is 10.9 Å². The van der Waals surface area contributed by atoms with E-state index in [9.17, 15) is 11.0 Å². The molecule has 0 amide bonds. The van der Waals surface area contributed by atoms with Gasteiger partial charge in [0, 0.05) is 41.4 Å². The Morgan fingerprint density at radius 1 is 1.15 bits per heavy atom.